The summed E-state index contributed by atoms with van der Waals surface area (Å²) in [5.41, 5.74) is -0.713. The van der Waals surface area contributed by atoms with E-state index in [1.54, 1.807) is 4.90 Å². The molecule has 3 rings (SSSR count). The fourth-order valence-corrected chi connectivity index (χ4v) is 5.63. The van der Waals surface area contributed by atoms with Gasteiger partial charge in [-0.05, 0) is 60.5 Å². The normalized spacial score (nSPS) is 35.4. The summed E-state index contributed by atoms with van der Waals surface area (Å²) in [6, 6.07) is 9.57. The molecule has 4 atom stereocenters. The number of imide groups is 1. The molecule has 29 heavy (non-hydrogen) atoms. The minimum Gasteiger partial charge on any atom is -0.273 e. The van der Waals surface area contributed by atoms with Crippen molar-refractivity contribution in [2.45, 2.75) is 81.1 Å². The van der Waals surface area contributed by atoms with Gasteiger partial charge in [0.15, 0.2) is 0 Å². The molecule has 0 aliphatic heterocycles. The molecule has 2 fully saturated rings. The van der Waals surface area contributed by atoms with E-state index < -0.39 is 10.8 Å². The molecular formula is C26H39NO2. The Bertz CT molecular complexity index is 748. The van der Waals surface area contributed by atoms with E-state index in [-0.39, 0.29) is 22.6 Å². The van der Waals surface area contributed by atoms with Gasteiger partial charge < -0.3 is 0 Å². The van der Waals surface area contributed by atoms with Crippen molar-refractivity contribution in [3.63, 3.8) is 0 Å². The molecule has 0 spiro atoms. The Hall–Kier alpha value is -1.64. The van der Waals surface area contributed by atoms with Crippen molar-refractivity contribution in [3.8, 4) is 0 Å². The van der Waals surface area contributed by atoms with E-state index >= 15 is 0 Å². The number of hydrogen-bond acceptors (Lipinski definition) is 2. The number of anilines is 1. The molecule has 0 aromatic heterocycles. The third-order valence-electron chi connectivity index (χ3n) is 9.83. The second kappa shape index (κ2) is 6.96. The Kier molecular flexibility index (Phi) is 5.29. The first-order valence-electron chi connectivity index (χ1n) is 11.2. The number of rotatable bonds is 3. The van der Waals surface area contributed by atoms with E-state index in [4.69, 9.17) is 0 Å². The van der Waals surface area contributed by atoms with Crippen molar-refractivity contribution in [1.29, 1.82) is 0 Å². The number of para-hydroxylation sites is 1. The van der Waals surface area contributed by atoms with Gasteiger partial charge in [-0.3, -0.25) is 9.59 Å². The molecule has 0 N–H and O–H groups in total. The van der Waals surface area contributed by atoms with Crippen LogP contribution in [-0.2, 0) is 9.59 Å². The second-order valence-corrected chi connectivity index (χ2v) is 11.3. The van der Waals surface area contributed by atoms with E-state index in [9.17, 15) is 9.59 Å². The van der Waals surface area contributed by atoms with Gasteiger partial charge in [0.25, 0.3) is 0 Å². The van der Waals surface area contributed by atoms with Gasteiger partial charge in [0, 0.05) is 0 Å². The third kappa shape index (κ3) is 2.99. The Morgan fingerprint density at radius 1 is 0.759 bits per heavy atom. The van der Waals surface area contributed by atoms with E-state index in [1.807, 2.05) is 30.3 Å². The maximum atomic E-state index is 14.2. The van der Waals surface area contributed by atoms with Crippen molar-refractivity contribution < 1.29 is 9.59 Å². The predicted octanol–water partition coefficient (Wildman–Crippen LogP) is 6.47. The summed E-state index contributed by atoms with van der Waals surface area (Å²) >= 11 is 0. The van der Waals surface area contributed by atoms with E-state index in [0.717, 1.165) is 25.7 Å². The van der Waals surface area contributed by atoms with Crippen molar-refractivity contribution in [2.75, 3.05) is 4.90 Å². The van der Waals surface area contributed by atoms with Crippen molar-refractivity contribution in [2.24, 2.45) is 33.5 Å². The molecule has 3 heteroatoms. The number of carbonyl (C=O) groups is 2. The summed E-state index contributed by atoms with van der Waals surface area (Å²) in [6.07, 6.45) is 3.69. The minimum absolute atomic E-state index is 0.0281. The molecule has 2 amide bonds. The molecule has 0 bridgehead atoms. The van der Waals surface area contributed by atoms with Crippen molar-refractivity contribution >= 4 is 17.5 Å². The lowest BCUT2D eigenvalue weighted by Gasteiger charge is -2.46. The lowest BCUT2D eigenvalue weighted by atomic mass is 9.63. The molecule has 0 heterocycles. The highest BCUT2D eigenvalue weighted by atomic mass is 16.2. The van der Waals surface area contributed by atoms with Gasteiger partial charge in [-0.1, -0.05) is 73.6 Å². The molecule has 1 aromatic rings. The van der Waals surface area contributed by atoms with Crippen LogP contribution in [0.1, 0.15) is 81.1 Å². The van der Waals surface area contributed by atoms with Gasteiger partial charge in [-0.25, -0.2) is 4.90 Å². The molecule has 2 aliphatic carbocycles. The van der Waals surface area contributed by atoms with E-state index in [1.165, 1.54) is 0 Å². The van der Waals surface area contributed by atoms with Crippen molar-refractivity contribution in [1.82, 2.24) is 0 Å². The number of amides is 2. The highest BCUT2D eigenvalue weighted by Gasteiger charge is 2.60. The summed E-state index contributed by atoms with van der Waals surface area (Å²) in [5, 5.41) is 0. The Balaban J connectivity index is 2.10. The summed E-state index contributed by atoms with van der Waals surface area (Å²) in [6.45, 7) is 17.4. The molecule has 160 valence electrons. The number of nitrogens with zero attached hydrogens (tertiary/aromatic N) is 1. The van der Waals surface area contributed by atoms with Crippen LogP contribution in [-0.4, -0.2) is 11.8 Å². The summed E-state index contributed by atoms with van der Waals surface area (Å²) in [4.78, 5) is 29.9. The van der Waals surface area contributed by atoms with Gasteiger partial charge in [-0.2, -0.15) is 0 Å². The van der Waals surface area contributed by atoms with Crippen LogP contribution in [0.3, 0.4) is 0 Å². The Morgan fingerprint density at radius 3 is 1.45 bits per heavy atom. The van der Waals surface area contributed by atoms with Gasteiger partial charge >= 0.3 is 0 Å². The minimum atomic E-state index is -0.553. The first-order chi connectivity index (χ1) is 13.3. The van der Waals surface area contributed by atoms with Gasteiger partial charge in [0.1, 0.15) is 0 Å². The number of carbonyl (C=O) groups excluding carboxylic acids is 2. The Labute approximate surface area is 177 Å². The third-order valence-corrected chi connectivity index (χ3v) is 9.83. The summed E-state index contributed by atoms with van der Waals surface area (Å²) in [7, 11) is 0. The van der Waals surface area contributed by atoms with Crippen LogP contribution in [0.25, 0.3) is 0 Å². The van der Waals surface area contributed by atoms with Crippen LogP contribution in [0.15, 0.2) is 30.3 Å². The molecule has 2 aliphatic rings. The zero-order valence-electron chi connectivity index (χ0n) is 19.6. The van der Waals surface area contributed by atoms with Crippen LogP contribution < -0.4 is 4.90 Å². The maximum absolute atomic E-state index is 14.2. The molecular weight excluding hydrogens is 358 g/mol. The highest BCUT2D eigenvalue weighted by Crippen LogP contribution is 2.59. The number of hydrogen-bond donors (Lipinski definition) is 0. The van der Waals surface area contributed by atoms with Crippen LogP contribution in [0, 0.1) is 33.5 Å². The quantitative estimate of drug-likeness (QED) is 0.548. The zero-order valence-corrected chi connectivity index (χ0v) is 19.6. The molecule has 1 aromatic carbocycles. The van der Waals surface area contributed by atoms with Gasteiger partial charge in [0.2, 0.25) is 11.8 Å². The maximum Gasteiger partial charge on any atom is 0.240 e. The first kappa shape index (κ1) is 22.1. The van der Waals surface area contributed by atoms with Gasteiger partial charge in [0.05, 0.1) is 16.5 Å². The molecule has 0 unspecified atom stereocenters. The Morgan fingerprint density at radius 2 is 1.14 bits per heavy atom. The zero-order chi connectivity index (χ0) is 21.8. The SMILES string of the molecule is C[C@H]1CC[C@@](C)(C(=O)N(C(=O)[C@]2(C)CC[C@H](C)C2(C)C)c2ccccc2)C1(C)C. The van der Waals surface area contributed by atoms with Crippen LogP contribution in [0.5, 0.6) is 0 Å². The molecule has 0 saturated heterocycles. The largest absolute Gasteiger partial charge is 0.273 e. The first-order valence-corrected chi connectivity index (χ1v) is 11.2. The monoisotopic (exact) mass is 397 g/mol. The summed E-state index contributed by atoms with van der Waals surface area (Å²) < 4.78 is 0. The fraction of sp³-hybridized carbons (Fsp3) is 0.692. The average molecular weight is 398 g/mol. The van der Waals surface area contributed by atoms with E-state index in [2.05, 4.69) is 55.4 Å². The smallest absolute Gasteiger partial charge is 0.240 e. The molecule has 2 saturated carbocycles. The number of benzene rings is 1. The lowest BCUT2D eigenvalue weighted by molar-refractivity contribution is -0.142. The predicted molar refractivity (Wildman–Crippen MR) is 120 cm³/mol. The fourth-order valence-electron chi connectivity index (χ4n) is 5.63. The average Bonchev–Trinajstić information content (AvgIpc) is 3.02. The standard InChI is InChI=1S/C26H39NO2/c1-18-14-16-25(7,23(18,3)4)21(28)27(20-12-10-9-11-13-20)22(29)26(8)17-15-19(2)24(26,5)6/h9-13,18-19H,14-17H2,1-8H3/t18-,19-,25-,26-/m0/s1. The van der Waals surface area contributed by atoms with Gasteiger partial charge in [-0.15, -0.1) is 0 Å². The summed E-state index contributed by atoms with van der Waals surface area (Å²) in [5.74, 6) is 0.838. The molecule has 0 radical (unpaired) electrons. The van der Waals surface area contributed by atoms with Crippen LogP contribution in [0.4, 0.5) is 5.69 Å². The lowest BCUT2D eigenvalue weighted by Crippen LogP contribution is -2.56. The highest BCUT2D eigenvalue weighted by molar-refractivity contribution is 6.18. The van der Waals surface area contributed by atoms with Crippen LogP contribution in [0.2, 0.25) is 0 Å². The second-order valence-electron chi connectivity index (χ2n) is 11.3. The van der Waals surface area contributed by atoms with E-state index in [0.29, 0.717) is 17.5 Å². The topological polar surface area (TPSA) is 37.4 Å². The van der Waals surface area contributed by atoms with Crippen molar-refractivity contribution in [3.05, 3.63) is 30.3 Å². The molecule has 3 nitrogen and oxygen atoms in total. The van der Waals surface area contributed by atoms with Crippen LogP contribution >= 0.6 is 0 Å².